The number of aromatic nitrogens is 1. The number of likely N-dealkylation sites (tertiary alicyclic amines) is 1. The number of urea groups is 1. The number of aliphatic hydroxyl groups is 1. The zero-order chi connectivity index (χ0) is 16.5. The number of thiazole rings is 1. The molecule has 1 saturated carbocycles. The average molecular weight is 345 g/mol. The van der Waals surface area contributed by atoms with Crippen molar-refractivity contribution in [3.05, 3.63) is 29.3 Å². The van der Waals surface area contributed by atoms with E-state index in [2.05, 4.69) is 11.4 Å². The fourth-order valence-electron chi connectivity index (χ4n) is 3.78. The number of hydrogen-bond acceptors (Lipinski definition) is 4. The molecule has 5 nitrogen and oxygen atoms in total. The predicted molar refractivity (Wildman–Crippen MR) is 95.1 cm³/mol. The third-order valence-electron chi connectivity index (χ3n) is 5.13. The Labute approximate surface area is 145 Å². The average Bonchev–Trinajstić information content (AvgIpc) is 3.23. The summed E-state index contributed by atoms with van der Waals surface area (Å²) in [5.41, 5.74) is 1.02. The normalized spacial score (nSPS) is 27.5. The second kappa shape index (κ2) is 6.69. The molecule has 4 rings (SSSR count). The maximum absolute atomic E-state index is 12.7. The van der Waals surface area contributed by atoms with E-state index in [9.17, 15) is 9.90 Å². The van der Waals surface area contributed by atoms with Gasteiger partial charge in [-0.3, -0.25) is 0 Å². The monoisotopic (exact) mass is 345 g/mol. The summed E-state index contributed by atoms with van der Waals surface area (Å²) in [6.45, 7) is 0.793. The number of aliphatic hydroxyl groups excluding tert-OH is 1. The molecule has 0 unspecified atom stereocenters. The van der Waals surface area contributed by atoms with Crippen LogP contribution in [0, 0.1) is 0 Å². The predicted octanol–water partition coefficient (Wildman–Crippen LogP) is 3.45. The first-order valence-corrected chi connectivity index (χ1v) is 9.63. The summed E-state index contributed by atoms with van der Waals surface area (Å²) in [5.74, 6) is 0. The minimum absolute atomic E-state index is 0.0261. The van der Waals surface area contributed by atoms with Crippen LogP contribution in [0.5, 0.6) is 0 Å². The van der Waals surface area contributed by atoms with E-state index in [4.69, 9.17) is 4.98 Å². The van der Waals surface area contributed by atoms with E-state index in [-0.39, 0.29) is 24.2 Å². The molecule has 1 atom stereocenters. The first kappa shape index (κ1) is 15.8. The summed E-state index contributed by atoms with van der Waals surface area (Å²) in [6.07, 6.45) is 5.12. The first-order valence-electron chi connectivity index (χ1n) is 8.81. The second-order valence-electron chi connectivity index (χ2n) is 6.83. The van der Waals surface area contributed by atoms with E-state index in [0.29, 0.717) is 0 Å². The fraction of sp³-hybridized carbons (Fsp3) is 0.556. The van der Waals surface area contributed by atoms with E-state index >= 15 is 0 Å². The molecule has 1 aliphatic carbocycles. The van der Waals surface area contributed by atoms with Gasteiger partial charge in [0, 0.05) is 12.6 Å². The summed E-state index contributed by atoms with van der Waals surface area (Å²) >= 11 is 1.70. The maximum Gasteiger partial charge on any atom is 0.318 e. The molecule has 24 heavy (non-hydrogen) atoms. The van der Waals surface area contributed by atoms with Gasteiger partial charge < -0.3 is 15.3 Å². The van der Waals surface area contributed by atoms with E-state index in [0.717, 1.165) is 55.6 Å². The Morgan fingerprint density at radius 3 is 2.79 bits per heavy atom. The number of carbonyl (C=O) groups excluding carboxylic acids is 1. The molecular weight excluding hydrogens is 322 g/mol. The summed E-state index contributed by atoms with van der Waals surface area (Å²) in [5, 5.41) is 13.8. The van der Waals surface area contributed by atoms with Crippen molar-refractivity contribution < 1.29 is 9.90 Å². The molecule has 2 aromatic rings. The second-order valence-corrected chi connectivity index (χ2v) is 7.89. The molecule has 2 heterocycles. The molecule has 1 aromatic heterocycles. The highest BCUT2D eigenvalue weighted by Gasteiger charge is 2.33. The minimum atomic E-state index is -0.194. The number of hydrogen-bond donors (Lipinski definition) is 2. The van der Waals surface area contributed by atoms with Gasteiger partial charge >= 0.3 is 6.03 Å². The summed E-state index contributed by atoms with van der Waals surface area (Å²) < 4.78 is 1.18. The first-order chi connectivity index (χ1) is 11.7. The molecule has 0 bridgehead atoms. The van der Waals surface area contributed by atoms with Gasteiger partial charge in [-0.1, -0.05) is 12.1 Å². The van der Waals surface area contributed by atoms with Crippen molar-refractivity contribution in [1.29, 1.82) is 0 Å². The molecule has 2 aliphatic rings. The van der Waals surface area contributed by atoms with Crippen LogP contribution >= 0.6 is 11.3 Å². The van der Waals surface area contributed by atoms with E-state index < -0.39 is 0 Å². The Hall–Kier alpha value is -1.66. The van der Waals surface area contributed by atoms with Crippen molar-refractivity contribution in [3.8, 4) is 0 Å². The number of amides is 2. The Balaban J connectivity index is 1.46. The van der Waals surface area contributed by atoms with Crippen molar-refractivity contribution in [2.45, 2.75) is 56.7 Å². The lowest BCUT2D eigenvalue weighted by molar-refractivity contribution is 0.114. The molecule has 2 amide bonds. The highest BCUT2D eigenvalue weighted by Crippen LogP contribution is 2.36. The number of nitrogens with one attached hydrogen (secondary N) is 1. The number of benzene rings is 1. The van der Waals surface area contributed by atoms with Crippen molar-refractivity contribution in [3.63, 3.8) is 0 Å². The summed E-state index contributed by atoms with van der Waals surface area (Å²) in [4.78, 5) is 19.4. The molecule has 1 saturated heterocycles. The third kappa shape index (κ3) is 3.13. The van der Waals surface area contributed by atoms with Crippen molar-refractivity contribution >= 4 is 27.6 Å². The molecule has 2 fully saturated rings. The summed E-state index contributed by atoms with van der Waals surface area (Å²) in [6, 6.07) is 8.46. The number of fused-ring (bicyclic) bond motifs is 1. The lowest BCUT2D eigenvalue weighted by Gasteiger charge is -2.30. The smallest absolute Gasteiger partial charge is 0.318 e. The molecule has 1 aromatic carbocycles. The number of carbonyl (C=O) groups is 1. The van der Waals surface area contributed by atoms with Crippen LogP contribution in [-0.4, -0.2) is 39.7 Å². The van der Waals surface area contributed by atoms with Gasteiger partial charge in [-0.25, -0.2) is 9.78 Å². The van der Waals surface area contributed by atoms with Crippen LogP contribution in [0.15, 0.2) is 24.3 Å². The van der Waals surface area contributed by atoms with Gasteiger partial charge in [0.25, 0.3) is 0 Å². The largest absolute Gasteiger partial charge is 0.393 e. The number of para-hydroxylation sites is 1. The zero-order valence-corrected chi connectivity index (χ0v) is 14.5. The third-order valence-corrected chi connectivity index (χ3v) is 6.27. The highest BCUT2D eigenvalue weighted by atomic mass is 32.1. The molecule has 0 radical (unpaired) electrons. The van der Waals surface area contributed by atoms with Crippen LogP contribution in [0.2, 0.25) is 0 Å². The molecule has 1 aliphatic heterocycles. The lowest BCUT2D eigenvalue weighted by Crippen LogP contribution is -2.46. The van der Waals surface area contributed by atoms with Crippen LogP contribution in [0.4, 0.5) is 4.79 Å². The van der Waals surface area contributed by atoms with E-state index in [1.165, 1.54) is 4.70 Å². The van der Waals surface area contributed by atoms with E-state index in [1.54, 1.807) is 11.3 Å². The minimum Gasteiger partial charge on any atom is -0.393 e. The van der Waals surface area contributed by atoms with Gasteiger partial charge in [0.2, 0.25) is 0 Å². The topological polar surface area (TPSA) is 65.5 Å². The van der Waals surface area contributed by atoms with Gasteiger partial charge in [-0.2, -0.15) is 0 Å². The maximum atomic E-state index is 12.7. The van der Waals surface area contributed by atoms with Crippen LogP contribution < -0.4 is 5.32 Å². The Kier molecular flexibility index (Phi) is 4.41. The van der Waals surface area contributed by atoms with Gasteiger partial charge in [-0.05, 0) is 50.7 Å². The van der Waals surface area contributed by atoms with Crippen molar-refractivity contribution in [1.82, 2.24) is 15.2 Å². The van der Waals surface area contributed by atoms with E-state index in [1.807, 2.05) is 23.1 Å². The number of nitrogens with zero attached hydrogens (tertiary/aromatic N) is 2. The summed E-state index contributed by atoms with van der Waals surface area (Å²) in [7, 11) is 0. The lowest BCUT2D eigenvalue weighted by atomic mass is 9.93. The quantitative estimate of drug-likeness (QED) is 0.876. The number of rotatable bonds is 2. The van der Waals surface area contributed by atoms with Crippen LogP contribution in [0.1, 0.15) is 49.6 Å². The van der Waals surface area contributed by atoms with Crippen LogP contribution in [-0.2, 0) is 0 Å². The Morgan fingerprint density at radius 1 is 1.21 bits per heavy atom. The molecule has 128 valence electrons. The zero-order valence-electron chi connectivity index (χ0n) is 13.6. The van der Waals surface area contributed by atoms with Gasteiger partial charge in [-0.15, -0.1) is 11.3 Å². The SMILES string of the molecule is O=C(NC1CCC(O)CC1)N1CCC[C@H]1c1nc2ccccc2s1. The Morgan fingerprint density at radius 2 is 2.00 bits per heavy atom. The van der Waals surface area contributed by atoms with Gasteiger partial charge in [0.05, 0.1) is 22.4 Å². The molecular formula is C18H23N3O2S. The standard InChI is InChI=1S/C18H23N3O2S/c22-13-9-7-12(8-10-13)19-18(23)21-11-3-5-15(21)17-20-14-4-1-2-6-16(14)24-17/h1-2,4,6,12-13,15,22H,3,5,7-11H2,(H,19,23)/t12?,13?,15-/m0/s1. The van der Waals surface area contributed by atoms with Gasteiger partial charge in [0.15, 0.2) is 0 Å². The van der Waals surface area contributed by atoms with Crippen LogP contribution in [0.25, 0.3) is 10.2 Å². The van der Waals surface area contributed by atoms with Crippen LogP contribution in [0.3, 0.4) is 0 Å². The highest BCUT2D eigenvalue weighted by molar-refractivity contribution is 7.18. The molecule has 2 N–H and O–H groups in total. The van der Waals surface area contributed by atoms with Gasteiger partial charge in [0.1, 0.15) is 5.01 Å². The molecule has 0 spiro atoms. The van der Waals surface area contributed by atoms with Crippen molar-refractivity contribution in [2.75, 3.05) is 6.54 Å². The molecule has 6 heteroatoms. The fourth-order valence-corrected chi connectivity index (χ4v) is 4.89. The Bertz CT molecular complexity index is 691. The van der Waals surface area contributed by atoms with Crippen molar-refractivity contribution in [2.24, 2.45) is 0 Å².